The molecule has 204 valence electrons. The Morgan fingerprint density at radius 2 is 1.46 bits per heavy atom. The van der Waals surface area contributed by atoms with Crippen LogP contribution < -0.4 is 27.0 Å². The summed E-state index contributed by atoms with van der Waals surface area (Å²) in [6.45, 7) is 2.66. The van der Waals surface area contributed by atoms with Crippen LogP contribution in [0.15, 0.2) is 30.3 Å². The van der Waals surface area contributed by atoms with Crippen LogP contribution in [0.2, 0.25) is 0 Å². The third kappa shape index (κ3) is 12.3. The van der Waals surface area contributed by atoms with Gasteiger partial charge in [-0.3, -0.25) is 28.8 Å². The zero-order valence-corrected chi connectivity index (χ0v) is 21.9. The fourth-order valence-corrected chi connectivity index (χ4v) is 3.78. The van der Waals surface area contributed by atoms with Crippen LogP contribution in [0.5, 0.6) is 0 Å². The van der Waals surface area contributed by atoms with Gasteiger partial charge < -0.3 is 32.1 Å². The highest BCUT2D eigenvalue weighted by Crippen LogP contribution is 2.06. The Bertz CT molecular complexity index is 960. The number of benzene rings is 1. The van der Waals surface area contributed by atoms with Crippen LogP contribution in [0.1, 0.15) is 38.7 Å². The SMILES string of the molecule is CSCC[C@H](NC(=O)[C@H](CCC(=O)O)NC(=O)[C@H](C)NC(=O)[C@H](Cc1ccccc1)NC(C)=O)C(N)=O. The molecule has 13 heteroatoms. The highest BCUT2D eigenvalue weighted by Gasteiger charge is 2.29. The summed E-state index contributed by atoms with van der Waals surface area (Å²) in [6, 6.07) is 4.64. The number of nitrogens with two attached hydrogens (primary N) is 1. The molecular weight excluding hydrogens is 502 g/mol. The van der Waals surface area contributed by atoms with Crippen molar-refractivity contribution in [3.05, 3.63) is 35.9 Å². The highest BCUT2D eigenvalue weighted by molar-refractivity contribution is 7.98. The van der Waals surface area contributed by atoms with Crippen LogP contribution in [0.25, 0.3) is 0 Å². The van der Waals surface area contributed by atoms with Crippen LogP contribution in [0.3, 0.4) is 0 Å². The number of carboxylic acid groups (broad SMARTS) is 1. The van der Waals surface area contributed by atoms with E-state index in [0.717, 1.165) is 5.56 Å². The maximum absolute atomic E-state index is 12.8. The molecule has 1 rings (SSSR count). The van der Waals surface area contributed by atoms with Crippen LogP contribution >= 0.6 is 11.8 Å². The van der Waals surface area contributed by atoms with Crippen molar-refractivity contribution in [2.45, 2.75) is 63.7 Å². The van der Waals surface area contributed by atoms with Crippen LogP contribution in [-0.4, -0.2) is 76.8 Å². The van der Waals surface area contributed by atoms with Crippen LogP contribution in [0.4, 0.5) is 0 Å². The van der Waals surface area contributed by atoms with Crippen molar-refractivity contribution in [2.75, 3.05) is 12.0 Å². The van der Waals surface area contributed by atoms with E-state index < -0.39 is 66.1 Å². The Hall–Kier alpha value is -3.61. The van der Waals surface area contributed by atoms with E-state index in [1.807, 2.05) is 12.3 Å². The number of carbonyl (C=O) groups excluding carboxylic acids is 5. The van der Waals surface area contributed by atoms with E-state index >= 15 is 0 Å². The van der Waals surface area contributed by atoms with Gasteiger partial charge >= 0.3 is 5.97 Å². The second-order valence-corrected chi connectivity index (χ2v) is 9.40. The lowest BCUT2D eigenvalue weighted by molar-refractivity contribution is -0.138. The molecule has 37 heavy (non-hydrogen) atoms. The number of carbonyl (C=O) groups is 6. The van der Waals surface area contributed by atoms with Crippen molar-refractivity contribution in [1.82, 2.24) is 21.3 Å². The van der Waals surface area contributed by atoms with Gasteiger partial charge in [-0.25, -0.2) is 0 Å². The van der Waals surface area contributed by atoms with E-state index in [0.29, 0.717) is 5.75 Å². The fourth-order valence-electron chi connectivity index (χ4n) is 3.31. The van der Waals surface area contributed by atoms with Crippen LogP contribution in [0, 0.1) is 0 Å². The second-order valence-electron chi connectivity index (χ2n) is 8.41. The molecule has 4 atom stereocenters. The van der Waals surface area contributed by atoms with Gasteiger partial charge in [0, 0.05) is 19.8 Å². The van der Waals surface area contributed by atoms with Crippen molar-refractivity contribution in [3.63, 3.8) is 0 Å². The molecule has 0 heterocycles. The zero-order chi connectivity index (χ0) is 28.0. The molecule has 0 saturated carbocycles. The number of rotatable bonds is 16. The smallest absolute Gasteiger partial charge is 0.303 e. The molecule has 1 aromatic carbocycles. The normalized spacial score (nSPS) is 13.8. The molecule has 0 aromatic heterocycles. The molecule has 0 bridgehead atoms. The minimum absolute atomic E-state index is 0.189. The minimum atomic E-state index is -1.28. The summed E-state index contributed by atoms with van der Waals surface area (Å²) in [6.07, 6.45) is 1.60. The van der Waals surface area contributed by atoms with Crippen LogP contribution in [-0.2, 0) is 35.2 Å². The molecule has 0 spiro atoms. The van der Waals surface area contributed by atoms with Gasteiger partial charge in [0.2, 0.25) is 29.5 Å². The lowest BCUT2D eigenvalue weighted by Crippen LogP contribution is -2.57. The number of carboxylic acids is 1. The summed E-state index contributed by atoms with van der Waals surface area (Å²) in [5.41, 5.74) is 6.14. The Balaban J connectivity index is 2.90. The van der Waals surface area contributed by atoms with E-state index in [1.54, 1.807) is 24.3 Å². The average molecular weight is 538 g/mol. The summed E-state index contributed by atoms with van der Waals surface area (Å²) in [4.78, 5) is 72.8. The first kappa shape index (κ1) is 31.4. The van der Waals surface area contributed by atoms with Crippen molar-refractivity contribution in [3.8, 4) is 0 Å². The van der Waals surface area contributed by atoms with E-state index in [-0.39, 0.29) is 19.3 Å². The number of hydrogen-bond acceptors (Lipinski definition) is 7. The lowest BCUT2D eigenvalue weighted by Gasteiger charge is -2.24. The van der Waals surface area contributed by atoms with E-state index in [9.17, 15) is 28.8 Å². The zero-order valence-electron chi connectivity index (χ0n) is 21.1. The predicted molar refractivity (Wildman–Crippen MR) is 138 cm³/mol. The summed E-state index contributed by atoms with van der Waals surface area (Å²) < 4.78 is 0. The molecule has 5 amide bonds. The summed E-state index contributed by atoms with van der Waals surface area (Å²) >= 11 is 1.45. The molecule has 0 aliphatic rings. The number of primary amides is 1. The van der Waals surface area contributed by atoms with Gasteiger partial charge in [-0.2, -0.15) is 11.8 Å². The van der Waals surface area contributed by atoms with Gasteiger partial charge in [-0.05, 0) is 37.3 Å². The molecule has 0 radical (unpaired) electrons. The number of aliphatic carboxylic acids is 1. The van der Waals surface area contributed by atoms with Crippen molar-refractivity contribution >= 4 is 47.3 Å². The lowest BCUT2D eigenvalue weighted by atomic mass is 10.0. The molecule has 0 aliphatic carbocycles. The molecule has 0 aliphatic heterocycles. The molecule has 0 fully saturated rings. The Kier molecular flexibility index (Phi) is 13.8. The fraction of sp³-hybridized carbons (Fsp3) is 0.500. The first-order chi connectivity index (χ1) is 17.4. The van der Waals surface area contributed by atoms with E-state index in [4.69, 9.17) is 10.8 Å². The maximum Gasteiger partial charge on any atom is 0.303 e. The molecule has 0 saturated heterocycles. The Morgan fingerprint density at radius 1 is 0.865 bits per heavy atom. The Morgan fingerprint density at radius 3 is 2.00 bits per heavy atom. The number of thioether (sulfide) groups is 1. The largest absolute Gasteiger partial charge is 0.481 e. The summed E-state index contributed by atoms with van der Waals surface area (Å²) in [7, 11) is 0. The van der Waals surface area contributed by atoms with Crippen molar-refractivity contribution in [1.29, 1.82) is 0 Å². The van der Waals surface area contributed by atoms with Gasteiger partial charge in [0.1, 0.15) is 24.2 Å². The van der Waals surface area contributed by atoms with Crippen molar-refractivity contribution in [2.24, 2.45) is 5.73 Å². The van der Waals surface area contributed by atoms with Crippen molar-refractivity contribution < 1.29 is 33.9 Å². The monoisotopic (exact) mass is 537 g/mol. The van der Waals surface area contributed by atoms with Gasteiger partial charge in [0.05, 0.1) is 0 Å². The predicted octanol–water partition coefficient (Wildman–Crippen LogP) is -0.689. The van der Waals surface area contributed by atoms with Gasteiger partial charge in [0.15, 0.2) is 0 Å². The van der Waals surface area contributed by atoms with E-state index in [1.165, 1.54) is 25.6 Å². The number of amides is 5. The average Bonchev–Trinajstić information content (AvgIpc) is 2.83. The topological polar surface area (TPSA) is 197 Å². The number of nitrogens with one attached hydrogen (secondary N) is 4. The minimum Gasteiger partial charge on any atom is -0.481 e. The third-order valence-electron chi connectivity index (χ3n) is 5.28. The molecule has 0 unspecified atom stereocenters. The maximum atomic E-state index is 12.8. The first-order valence-electron chi connectivity index (χ1n) is 11.7. The number of hydrogen-bond donors (Lipinski definition) is 6. The van der Waals surface area contributed by atoms with Gasteiger partial charge in [0.25, 0.3) is 0 Å². The molecule has 7 N–H and O–H groups in total. The summed E-state index contributed by atoms with van der Waals surface area (Å²) in [5, 5.41) is 19.0. The van der Waals surface area contributed by atoms with Gasteiger partial charge in [-0.15, -0.1) is 0 Å². The standard InChI is InChI=1S/C24H35N5O7S/c1-14(26-24(36)19(27-15(2)30)13-16-7-5-4-6-8-16)22(34)29-18(9-10-20(31)32)23(35)28-17(21(25)33)11-12-37-3/h4-8,14,17-19H,9-13H2,1-3H3,(H2,25,33)(H,26,36)(H,27,30)(H,28,35)(H,29,34)(H,31,32)/t14-,17-,18-,19-/m0/s1. The van der Waals surface area contributed by atoms with Gasteiger partial charge in [-0.1, -0.05) is 30.3 Å². The highest BCUT2D eigenvalue weighted by atomic mass is 32.2. The molecule has 1 aromatic rings. The summed E-state index contributed by atoms with van der Waals surface area (Å²) in [5.74, 6) is -3.95. The Labute approximate surface area is 219 Å². The first-order valence-corrected chi connectivity index (χ1v) is 13.1. The molecular formula is C24H35N5O7S. The second kappa shape index (κ2) is 16.2. The molecule has 12 nitrogen and oxygen atoms in total. The quantitative estimate of drug-likeness (QED) is 0.159. The van der Waals surface area contributed by atoms with E-state index in [2.05, 4.69) is 21.3 Å². The third-order valence-corrected chi connectivity index (χ3v) is 5.92.